The smallest absolute Gasteiger partial charge is 0.243 e. The number of primary sulfonamides is 1. The predicted octanol–water partition coefficient (Wildman–Crippen LogP) is -1.17. The molecule has 0 radical (unpaired) electrons. The number of rotatable bonds is 7. The number of ether oxygens (including phenoxy) is 1. The van der Waals surface area contributed by atoms with Crippen molar-refractivity contribution in [1.29, 1.82) is 0 Å². The van der Waals surface area contributed by atoms with E-state index in [1.807, 2.05) is 0 Å². The third-order valence-electron chi connectivity index (χ3n) is 2.18. The van der Waals surface area contributed by atoms with Crippen molar-refractivity contribution in [3.63, 3.8) is 0 Å². The van der Waals surface area contributed by atoms with Crippen molar-refractivity contribution < 1.29 is 17.9 Å². The molecule has 19 heavy (non-hydrogen) atoms. The highest BCUT2D eigenvalue weighted by molar-refractivity contribution is 7.89. The van der Waals surface area contributed by atoms with E-state index >= 15 is 0 Å². The van der Waals surface area contributed by atoms with Gasteiger partial charge >= 0.3 is 0 Å². The molecule has 1 rings (SSSR count). The van der Waals surface area contributed by atoms with Gasteiger partial charge in [-0.3, -0.25) is 4.79 Å². The molecule has 1 amide bonds. The number of amides is 1. The first kappa shape index (κ1) is 15.2. The summed E-state index contributed by atoms with van der Waals surface area (Å²) < 4.78 is 27.4. The summed E-state index contributed by atoms with van der Waals surface area (Å²) >= 11 is 0. The number of benzene rings is 1. The Morgan fingerprint density at radius 3 is 2.63 bits per heavy atom. The topological polar surface area (TPSA) is 151 Å². The molecule has 106 valence electrons. The lowest BCUT2D eigenvalue weighted by atomic mass is 10.2. The Kier molecular flexibility index (Phi) is 5.10. The number of hydrogen-bond donors (Lipinski definition) is 4. The second kappa shape index (κ2) is 6.36. The van der Waals surface area contributed by atoms with Crippen molar-refractivity contribution in [3.8, 4) is 0 Å². The molecule has 0 spiro atoms. The molecule has 0 aromatic heterocycles. The van der Waals surface area contributed by atoms with Gasteiger partial charge in [-0.1, -0.05) is 6.07 Å². The van der Waals surface area contributed by atoms with Crippen molar-refractivity contribution in [1.82, 2.24) is 0 Å². The minimum atomic E-state index is -3.86. The molecule has 1 aromatic carbocycles. The van der Waals surface area contributed by atoms with Crippen LogP contribution < -0.4 is 21.9 Å². The number of primary amides is 1. The van der Waals surface area contributed by atoms with Crippen molar-refractivity contribution >= 4 is 27.3 Å². The second-order valence-corrected chi connectivity index (χ2v) is 5.24. The zero-order valence-corrected chi connectivity index (χ0v) is 10.9. The van der Waals surface area contributed by atoms with Crippen LogP contribution in [0.1, 0.15) is 0 Å². The van der Waals surface area contributed by atoms with Gasteiger partial charge in [0.25, 0.3) is 0 Å². The fourth-order valence-corrected chi connectivity index (χ4v) is 2.06. The van der Waals surface area contributed by atoms with E-state index in [0.29, 0.717) is 12.2 Å². The third kappa shape index (κ3) is 4.73. The molecule has 0 aliphatic heterocycles. The molecule has 8 nitrogen and oxygen atoms in total. The number of carbonyl (C=O) groups is 1. The van der Waals surface area contributed by atoms with Crippen molar-refractivity contribution in [3.05, 3.63) is 18.2 Å². The lowest BCUT2D eigenvalue weighted by molar-refractivity contribution is -0.122. The third-order valence-corrected chi connectivity index (χ3v) is 3.15. The summed E-state index contributed by atoms with van der Waals surface area (Å²) in [5.41, 5.74) is 11.1. The van der Waals surface area contributed by atoms with Crippen LogP contribution in [0.15, 0.2) is 23.1 Å². The van der Waals surface area contributed by atoms with Gasteiger partial charge in [-0.15, -0.1) is 0 Å². The van der Waals surface area contributed by atoms with Gasteiger partial charge in [-0.25, -0.2) is 13.6 Å². The van der Waals surface area contributed by atoms with Crippen molar-refractivity contribution in [2.75, 3.05) is 30.8 Å². The minimum absolute atomic E-state index is 0.0416. The van der Waals surface area contributed by atoms with Crippen LogP contribution >= 0.6 is 0 Å². The fraction of sp³-hybridized carbons (Fsp3) is 0.300. The first-order valence-electron chi connectivity index (χ1n) is 5.33. The van der Waals surface area contributed by atoms with E-state index in [1.54, 1.807) is 6.07 Å². The number of sulfonamides is 1. The Morgan fingerprint density at radius 1 is 1.37 bits per heavy atom. The maximum Gasteiger partial charge on any atom is 0.243 e. The monoisotopic (exact) mass is 288 g/mol. The van der Waals surface area contributed by atoms with E-state index in [9.17, 15) is 13.2 Å². The van der Waals surface area contributed by atoms with E-state index in [-0.39, 0.29) is 23.8 Å². The van der Waals surface area contributed by atoms with E-state index in [1.165, 1.54) is 12.1 Å². The minimum Gasteiger partial charge on any atom is -0.396 e. The number of nitrogen functional groups attached to an aromatic ring is 1. The summed E-state index contributed by atoms with van der Waals surface area (Å²) in [6.45, 7) is 0.391. The molecule has 0 aliphatic carbocycles. The zero-order chi connectivity index (χ0) is 14.5. The van der Waals surface area contributed by atoms with E-state index < -0.39 is 15.9 Å². The molecule has 0 unspecified atom stereocenters. The van der Waals surface area contributed by atoms with Crippen LogP contribution in [0.2, 0.25) is 0 Å². The molecule has 0 saturated carbocycles. The average molecular weight is 288 g/mol. The van der Waals surface area contributed by atoms with Crippen LogP contribution in [0, 0.1) is 0 Å². The molecule has 0 saturated heterocycles. The Labute approximate surface area is 110 Å². The fourth-order valence-electron chi connectivity index (χ4n) is 1.38. The zero-order valence-electron chi connectivity index (χ0n) is 10.1. The van der Waals surface area contributed by atoms with Gasteiger partial charge in [-0.05, 0) is 12.1 Å². The molecule has 0 fully saturated rings. The van der Waals surface area contributed by atoms with Gasteiger partial charge in [0.15, 0.2) is 0 Å². The van der Waals surface area contributed by atoms with Gasteiger partial charge < -0.3 is 21.5 Å². The maximum absolute atomic E-state index is 11.3. The lowest BCUT2D eigenvalue weighted by Gasteiger charge is -2.11. The molecule has 1 aromatic rings. The molecule has 0 heterocycles. The van der Waals surface area contributed by atoms with E-state index in [2.05, 4.69) is 5.32 Å². The van der Waals surface area contributed by atoms with Gasteiger partial charge in [-0.2, -0.15) is 0 Å². The summed E-state index contributed by atoms with van der Waals surface area (Å²) in [6, 6.07) is 4.44. The standard InChI is InChI=1S/C10H16N4O4S/c11-9(15)6-18-5-4-14-7-2-1-3-8(10(7)12)19(13,16)17/h1-3,14H,4-6,12H2,(H2,11,15)(H2,13,16,17). The van der Waals surface area contributed by atoms with Crippen LogP contribution in [-0.2, 0) is 19.6 Å². The highest BCUT2D eigenvalue weighted by Gasteiger charge is 2.14. The quantitative estimate of drug-likeness (QED) is 0.366. The molecule has 0 bridgehead atoms. The molecule has 9 heteroatoms. The molecular weight excluding hydrogens is 272 g/mol. The molecule has 0 atom stereocenters. The van der Waals surface area contributed by atoms with Crippen molar-refractivity contribution in [2.45, 2.75) is 4.90 Å². The highest BCUT2D eigenvalue weighted by Crippen LogP contribution is 2.25. The first-order chi connectivity index (χ1) is 8.82. The summed E-state index contributed by atoms with van der Waals surface area (Å²) in [5, 5.41) is 7.90. The molecule has 0 aliphatic rings. The van der Waals surface area contributed by atoms with Crippen LogP contribution in [0.4, 0.5) is 11.4 Å². The normalized spacial score (nSPS) is 11.2. The summed E-state index contributed by atoms with van der Waals surface area (Å²) in [4.78, 5) is 10.3. The van der Waals surface area contributed by atoms with Crippen molar-refractivity contribution in [2.24, 2.45) is 10.9 Å². The largest absolute Gasteiger partial charge is 0.396 e. The van der Waals surface area contributed by atoms with Gasteiger partial charge in [0.1, 0.15) is 11.5 Å². The number of anilines is 2. The number of nitrogens with one attached hydrogen (secondary N) is 1. The van der Waals surface area contributed by atoms with Crippen LogP contribution in [-0.4, -0.2) is 34.1 Å². The van der Waals surface area contributed by atoms with Gasteiger partial charge in [0.05, 0.1) is 18.0 Å². The van der Waals surface area contributed by atoms with E-state index in [0.717, 1.165) is 0 Å². The lowest BCUT2D eigenvalue weighted by Crippen LogP contribution is -2.21. The Bertz CT molecular complexity index is 559. The van der Waals surface area contributed by atoms with Gasteiger partial charge in [0, 0.05) is 6.54 Å². The maximum atomic E-state index is 11.3. The van der Waals surface area contributed by atoms with Crippen LogP contribution in [0.5, 0.6) is 0 Å². The number of hydrogen-bond acceptors (Lipinski definition) is 6. The number of para-hydroxylation sites is 1. The Hall–Kier alpha value is -1.84. The Morgan fingerprint density at radius 2 is 2.05 bits per heavy atom. The first-order valence-corrected chi connectivity index (χ1v) is 6.88. The average Bonchev–Trinajstić information content (AvgIpc) is 2.28. The van der Waals surface area contributed by atoms with Gasteiger partial charge in [0.2, 0.25) is 15.9 Å². The molecule has 7 N–H and O–H groups in total. The second-order valence-electron chi connectivity index (χ2n) is 3.71. The van der Waals surface area contributed by atoms with Crippen LogP contribution in [0.25, 0.3) is 0 Å². The number of carbonyl (C=O) groups excluding carboxylic acids is 1. The Balaban J connectivity index is 2.63. The number of nitrogens with two attached hydrogens (primary N) is 3. The van der Waals surface area contributed by atoms with E-state index in [4.69, 9.17) is 21.3 Å². The summed E-state index contributed by atoms with van der Waals surface area (Å²) in [7, 11) is -3.86. The SMILES string of the molecule is NC(=O)COCCNc1cccc(S(N)(=O)=O)c1N. The summed E-state index contributed by atoms with van der Waals surface area (Å²) in [6.07, 6.45) is 0. The summed E-state index contributed by atoms with van der Waals surface area (Å²) in [5.74, 6) is -0.560. The predicted molar refractivity (Wildman–Crippen MR) is 70.7 cm³/mol. The highest BCUT2D eigenvalue weighted by atomic mass is 32.2. The molecular formula is C10H16N4O4S. The van der Waals surface area contributed by atoms with Crippen LogP contribution in [0.3, 0.4) is 0 Å².